The van der Waals surface area contributed by atoms with Crippen LogP contribution in [-0.2, 0) is 6.42 Å². The Labute approximate surface area is 148 Å². The summed E-state index contributed by atoms with van der Waals surface area (Å²) in [7, 11) is 0. The number of carbonyl (C=O) groups excluding carboxylic acids is 2. The fourth-order valence-electron chi connectivity index (χ4n) is 3.18. The summed E-state index contributed by atoms with van der Waals surface area (Å²) < 4.78 is 0. The number of aromatic nitrogens is 1. The van der Waals surface area contributed by atoms with Crippen molar-refractivity contribution in [2.45, 2.75) is 39.2 Å². The van der Waals surface area contributed by atoms with E-state index in [0.717, 1.165) is 24.9 Å². The highest BCUT2D eigenvalue weighted by Crippen LogP contribution is 2.32. The summed E-state index contributed by atoms with van der Waals surface area (Å²) in [6.07, 6.45) is 5.81. The molecule has 1 atom stereocenters. The van der Waals surface area contributed by atoms with E-state index >= 15 is 0 Å². The summed E-state index contributed by atoms with van der Waals surface area (Å²) >= 11 is 0. The van der Waals surface area contributed by atoms with Gasteiger partial charge in [-0.05, 0) is 37.5 Å². The van der Waals surface area contributed by atoms with Crippen molar-refractivity contribution in [2.75, 3.05) is 11.4 Å². The number of pyridine rings is 1. The minimum Gasteiger partial charge on any atom is -0.352 e. The second-order valence-corrected chi connectivity index (χ2v) is 6.43. The minimum atomic E-state index is -0.189. The second-order valence-electron chi connectivity index (χ2n) is 6.43. The number of amides is 2. The summed E-state index contributed by atoms with van der Waals surface area (Å²) in [5.41, 5.74) is 2.97. The van der Waals surface area contributed by atoms with Crippen LogP contribution in [-0.4, -0.2) is 29.4 Å². The molecule has 2 heterocycles. The predicted octanol–water partition coefficient (Wildman–Crippen LogP) is 3.20. The molecule has 1 aromatic heterocycles. The van der Waals surface area contributed by atoms with E-state index in [2.05, 4.69) is 23.3 Å². The third-order valence-electron chi connectivity index (χ3n) is 4.49. The highest BCUT2D eigenvalue weighted by molar-refractivity contribution is 6.08. The number of benzene rings is 1. The zero-order valence-electron chi connectivity index (χ0n) is 14.7. The van der Waals surface area contributed by atoms with Crippen molar-refractivity contribution in [1.29, 1.82) is 0 Å². The molecule has 2 amide bonds. The van der Waals surface area contributed by atoms with Crippen LogP contribution >= 0.6 is 0 Å². The summed E-state index contributed by atoms with van der Waals surface area (Å²) in [6, 6.07) is 9.66. The van der Waals surface area contributed by atoms with Crippen molar-refractivity contribution in [3.05, 3.63) is 59.4 Å². The number of unbranched alkanes of at least 4 members (excludes halogenated alkanes) is 1. The second kappa shape index (κ2) is 7.47. The van der Waals surface area contributed by atoms with Gasteiger partial charge in [0.05, 0.1) is 11.1 Å². The SMILES string of the molecule is CCCCNC(=O)c1cncc(C(=O)N2c3ccccc3CC2C)c1. The largest absolute Gasteiger partial charge is 0.352 e. The molecule has 3 rings (SSSR count). The monoisotopic (exact) mass is 337 g/mol. The number of fused-ring (bicyclic) bond motifs is 1. The number of anilines is 1. The van der Waals surface area contributed by atoms with E-state index in [0.29, 0.717) is 17.7 Å². The molecule has 1 aromatic carbocycles. The molecule has 130 valence electrons. The number of rotatable bonds is 5. The molecular formula is C20H23N3O2. The van der Waals surface area contributed by atoms with Gasteiger partial charge in [-0.1, -0.05) is 31.5 Å². The summed E-state index contributed by atoms with van der Waals surface area (Å²) in [5, 5.41) is 2.86. The van der Waals surface area contributed by atoms with Crippen LogP contribution < -0.4 is 10.2 Å². The maximum atomic E-state index is 13.0. The average molecular weight is 337 g/mol. The predicted molar refractivity (Wildman–Crippen MR) is 97.9 cm³/mol. The smallest absolute Gasteiger partial charge is 0.260 e. The highest BCUT2D eigenvalue weighted by Gasteiger charge is 2.31. The summed E-state index contributed by atoms with van der Waals surface area (Å²) in [6.45, 7) is 4.73. The number of nitrogens with zero attached hydrogens (tertiary/aromatic N) is 2. The Balaban J connectivity index is 1.81. The molecule has 0 spiro atoms. The van der Waals surface area contributed by atoms with Gasteiger partial charge in [-0.3, -0.25) is 14.6 Å². The van der Waals surface area contributed by atoms with E-state index in [1.807, 2.05) is 25.1 Å². The number of nitrogens with one attached hydrogen (secondary N) is 1. The molecule has 1 aliphatic heterocycles. The normalized spacial score (nSPS) is 15.8. The fraction of sp³-hybridized carbons (Fsp3) is 0.350. The van der Waals surface area contributed by atoms with Crippen molar-refractivity contribution in [3.8, 4) is 0 Å². The lowest BCUT2D eigenvalue weighted by Gasteiger charge is -2.22. The van der Waals surface area contributed by atoms with Gasteiger partial charge in [-0.15, -0.1) is 0 Å². The Kier molecular flexibility index (Phi) is 5.12. The van der Waals surface area contributed by atoms with Crippen molar-refractivity contribution in [2.24, 2.45) is 0 Å². The van der Waals surface area contributed by atoms with Gasteiger partial charge in [-0.2, -0.15) is 0 Å². The Morgan fingerprint density at radius 2 is 2.00 bits per heavy atom. The first-order valence-electron chi connectivity index (χ1n) is 8.76. The first-order valence-corrected chi connectivity index (χ1v) is 8.76. The third-order valence-corrected chi connectivity index (χ3v) is 4.49. The first kappa shape index (κ1) is 17.1. The van der Waals surface area contributed by atoms with Crippen LogP contribution in [0.2, 0.25) is 0 Å². The fourth-order valence-corrected chi connectivity index (χ4v) is 3.18. The Morgan fingerprint density at radius 3 is 2.80 bits per heavy atom. The van der Waals surface area contributed by atoms with Crippen LogP contribution in [0.25, 0.3) is 0 Å². The topological polar surface area (TPSA) is 62.3 Å². The van der Waals surface area contributed by atoms with Crippen LogP contribution in [0.3, 0.4) is 0 Å². The van der Waals surface area contributed by atoms with E-state index in [-0.39, 0.29) is 17.9 Å². The third kappa shape index (κ3) is 3.55. The molecule has 0 bridgehead atoms. The van der Waals surface area contributed by atoms with Crippen LogP contribution in [0.5, 0.6) is 0 Å². The molecule has 0 saturated carbocycles. The minimum absolute atomic E-state index is 0.0898. The zero-order valence-corrected chi connectivity index (χ0v) is 14.7. The van der Waals surface area contributed by atoms with Gasteiger partial charge in [0.15, 0.2) is 0 Å². The maximum Gasteiger partial charge on any atom is 0.260 e. The van der Waals surface area contributed by atoms with E-state index in [4.69, 9.17) is 0 Å². The first-order chi connectivity index (χ1) is 12.1. The molecule has 25 heavy (non-hydrogen) atoms. The quantitative estimate of drug-likeness (QED) is 0.852. The van der Waals surface area contributed by atoms with Gasteiger partial charge in [0.2, 0.25) is 0 Å². The molecule has 0 aliphatic carbocycles. The zero-order chi connectivity index (χ0) is 17.8. The van der Waals surface area contributed by atoms with E-state index < -0.39 is 0 Å². The van der Waals surface area contributed by atoms with Gasteiger partial charge in [-0.25, -0.2) is 0 Å². The number of hydrogen-bond donors (Lipinski definition) is 1. The van der Waals surface area contributed by atoms with Gasteiger partial charge in [0.1, 0.15) is 0 Å². The van der Waals surface area contributed by atoms with Crippen molar-refractivity contribution < 1.29 is 9.59 Å². The lowest BCUT2D eigenvalue weighted by molar-refractivity contribution is 0.0953. The molecule has 5 nitrogen and oxygen atoms in total. The molecule has 0 saturated heterocycles. The van der Waals surface area contributed by atoms with Gasteiger partial charge in [0.25, 0.3) is 11.8 Å². The molecule has 1 unspecified atom stereocenters. The molecule has 5 heteroatoms. The van der Waals surface area contributed by atoms with Crippen LogP contribution in [0.15, 0.2) is 42.7 Å². The van der Waals surface area contributed by atoms with Crippen molar-refractivity contribution in [1.82, 2.24) is 10.3 Å². The van der Waals surface area contributed by atoms with Crippen LogP contribution in [0.4, 0.5) is 5.69 Å². The van der Waals surface area contributed by atoms with Gasteiger partial charge >= 0.3 is 0 Å². The van der Waals surface area contributed by atoms with Crippen molar-refractivity contribution >= 4 is 17.5 Å². The standard InChI is InChI=1S/C20H23N3O2/c1-3-4-9-22-19(24)16-11-17(13-21-12-16)20(25)23-14(2)10-15-7-5-6-8-18(15)23/h5-8,11-14H,3-4,9-10H2,1-2H3,(H,22,24). The molecule has 0 radical (unpaired) electrons. The number of para-hydroxylation sites is 1. The van der Waals surface area contributed by atoms with Crippen LogP contribution in [0, 0.1) is 0 Å². The number of hydrogen-bond acceptors (Lipinski definition) is 3. The molecule has 2 aromatic rings. The lowest BCUT2D eigenvalue weighted by Crippen LogP contribution is -2.36. The van der Waals surface area contributed by atoms with Gasteiger partial charge in [0, 0.05) is 30.7 Å². The lowest BCUT2D eigenvalue weighted by atomic mass is 10.1. The Morgan fingerprint density at radius 1 is 1.24 bits per heavy atom. The Hall–Kier alpha value is -2.69. The molecule has 0 fully saturated rings. The maximum absolute atomic E-state index is 13.0. The summed E-state index contributed by atoms with van der Waals surface area (Å²) in [5.74, 6) is -0.307. The van der Waals surface area contributed by atoms with Gasteiger partial charge < -0.3 is 10.2 Å². The van der Waals surface area contributed by atoms with Crippen molar-refractivity contribution in [3.63, 3.8) is 0 Å². The van der Waals surface area contributed by atoms with Crippen LogP contribution in [0.1, 0.15) is 53.0 Å². The number of carbonyl (C=O) groups is 2. The highest BCUT2D eigenvalue weighted by atomic mass is 16.2. The van der Waals surface area contributed by atoms with E-state index in [9.17, 15) is 9.59 Å². The molecular weight excluding hydrogens is 314 g/mol. The summed E-state index contributed by atoms with van der Waals surface area (Å²) in [4.78, 5) is 31.1. The Bertz CT molecular complexity index is 788. The van der Waals surface area contributed by atoms with E-state index in [1.165, 1.54) is 18.0 Å². The van der Waals surface area contributed by atoms with E-state index in [1.54, 1.807) is 11.0 Å². The molecule has 1 aliphatic rings. The molecule has 1 N–H and O–H groups in total. The average Bonchev–Trinajstić information content (AvgIpc) is 2.97.